The van der Waals surface area contributed by atoms with Crippen molar-refractivity contribution in [2.45, 2.75) is 0 Å². The maximum atomic E-state index is 13.0. The number of carbonyl (C=O) groups is 1. The van der Waals surface area contributed by atoms with E-state index in [1.807, 2.05) is 6.07 Å². The summed E-state index contributed by atoms with van der Waals surface area (Å²) >= 11 is 0. The highest BCUT2D eigenvalue weighted by molar-refractivity contribution is 6.08. The molecule has 0 N–H and O–H groups in total. The Morgan fingerprint density at radius 3 is 2.35 bits per heavy atom. The first-order valence-corrected chi connectivity index (χ1v) is 5.01. The molecule has 0 unspecified atom stereocenters. The van der Waals surface area contributed by atoms with E-state index in [0.717, 1.165) is 0 Å². The Balaban J connectivity index is 2.34. The SMILES string of the molecule is N#Cc1ccc(C(=O)c2cccc(F)c2)cc1. The zero-order chi connectivity index (χ0) is 12.3. The van der Waals surface area contributed by atoms with Crippen LogP contribution in [0.1, 0.15) is 21.5 Å². The lowest BCUT2D eigenvalue weighted by atomic mass is 10.0. The van der Waals surface area contributed by atoms with Crippen molar-refractivity contribution in [1.29, 1.82) is 5.26 Å². The number of benzene rings is 2. The molecule has 0 bridgehead atoms. The summed E-state index contributed by atoms with van der Waals surface area (Å²) in [6, 6.07) is 13.8. The monoisotopic (exact) mass is 225 g/mol. The van der Waals surface area contributed by atoms with Crippen molar-refractivity contribution in [3.8, 4) is 6.07 Å². The van der Waals surface area contributed by atoms with Crippen LogP contribution in [0.4, 0.5) is 4.39 Å². The molecule has 17 heavy (non-hydrogen) atoms. The molecule has 82 valence electrons. The van der Waals surface area contributed by atoms with E-state index in [4.69, 9.17) is 5.26 Å². The second-order valence-corrected chi connectivity index (χ2v) is 3.53. The van der Waals surface area contributed by atoms with E-state index >= 15 is 0 Å². The van der Waals surface area contributed by atoms with E-state index in [-0.39, 0.29) is 5.78 Å². The molecule has 2 aromatic carbocycles. The van der Waals surface area contributed by atoms with Gasteiger partial charge in [0.1, 0.15) is 5.82 Å². The molecule has 0 radical (unpaired) electrons. The van der Waals surface area contributed by atoms with Gasteiger partial charge in [0, 0.05) is 11.1 Å². The fraction of sp³-hybridized carbons (Fsp3) is 0. The minimum Gasteiger partial charge on any atom is -0.289 e. The maximum Gasteiger partial charge on any atom is 0.193 e. The Morgan fingerprint density at radius 1 is 1.06 bits per heavy atom. The highest BCUT2D eigenvalue weighted by Gasteiger charge is 2.09. The lowest BCUT2D eigenvalue weighted by Crippen LogP contribution is -2.01. The molecule has 0 aliphatic carbocycles. The van der Waals surface area contributed by atoms with Gasteiger partial charge in [0.2, 0.25) is 0 Å². The fourth-order valence-corrected chi connectivity index (χ4v) is 1.49. The van der Waals surface area contributed by atoms with Crippen molar-refractivity contribution in [1.82, 2.24) is 0 Å². The highest BCUT2D eigenvalue weighted by Crippen LogP contribution is 2.12. The molecule has 0 aliphatic heterocycles. The average molecular weight is 225 g/mol. The Hall–Kier alpha value is -2.47. The first-order chi connectivity index (χ1) is 8.20. The molecule has 0 atom stereocenters. The van der Waals surface area contributed by atoms with E-state index in [9.17, 15) is 9.18 Å². The van der Waals surface area contributed by atoms with E-state index in [1.54, 1.807) is 30.3 Å². The van der Waals surface area contributed by atoms with Gasteiger partial charge in [0.05, 0.1) is 11.6 Å². The highest BCUT2D eigenvalue weighted by atomic mass is 19.1. The zero-order valence-electron chi connectivity index (χ0n) is 8.85. The number of halogens is 1. The number of carbonyl (C=O) groups excluding carboxylic acids is 1. The fourth-order valence-electron chi connectivity index (χ4n) is 1.49. The molecule has 2 aromatic rings. The quantitative estimate of drug-likeness (QED) is 0.737. The second kappa shape index (κ2) is 4.58. The third kappa shape index (κ3) is 2.37. The summed E-state index contributed by atoms with van der Waals surface area (Å²) in [5.41, 5.74) is 1.23. The second-order valence-electron chi connectivity index (χ2n) is 3.53. The van der Waals surface area contributed by atoms with Gasteiger partial charge in [-0.05, 0) is 36.4 Å². The van der Waals surface area contributed by atoms with Crippen LogP contribution in [-0.2, 0) is 0 Å². The molecule has 0 amide bonds. The third-order valence-electron chi connectivity index (χ3n) is 2.36. The largest absolute Gasteiger partial charge is 0.289 e. The Bertz CT molecular complexity index is 596. The standard InChI is InChI=1S/C14H8FNO/c15-13-3-1-2-12(8-13)14(17)11-6-4-10(9-16)5-7-11/h1-8H. The summed E-state index contributed by atoms with van der Waals surface area (Å²) in [6.45, 7) is 0. The molecule has 2 rings (SSSR count). The zero-order valence-corrected chi connectivity index (χ0v) is 8.85. The van der Waals surface area contributed by atoms with Crippen molar-refractivity contribution in [2.75, 3.05) is 0 Å². The predicted octanol–water partition coefficient (Wildman–Crippen LogP) is 2.93. The van der Waals surface area contributed by atoms with Crippen LogP contribution in [0, 0.1) is 17.1 Å². The third-order valence-corrected chi connectivity index (χ3v) is 2.36. The number of rotatable bonds is 2. The molecule has 0 saturated heterocycles. The molecule has 3 heteroatoms. The van der Waals surface area contributed by atoms with Gasteiger partial charge in [-0.2, -0.15) is 5.26 Å². The summed E-state index contributed by atoms with van der Waals surface area (Å²) in [5.74, 6) is -0.696. The summed E-state index contributed by atoms with van der Waals surface area (Å²) in [5, 5.41) is 8.64. The number of hydrogen-bond acceptors (Lipinski definition) is 2. The van der Waals surface area contributed by atoms with Crippen LogP contribution in [0.25, 0.3) is 0 Å². The van der Waals surface area contributed by atoms with Crippen LogP contribution in [0.3, 0.4) is 0 Å². The van der Waals surface area contributed by atoms with E-state index in [1.165, 1.54) is 18.2 Å². The molecule has 0 aromatic heterocycles. The maximum absolute atomic E-state index is 13.0. The normalized spacial score (nSPS) is 9.65. The van der Waals surface area contributed by atoms with Crippen LogP contribution in [0.2, 0.25) is 0 Å². The van der Waals surface area contributed by atoms with Gasteiger partial charge in [0.15, 0.2) is 5.78 Å². The van der Waals surface area contributed by atoms with E-state index < -0.39 is 5.82 Å². The van der Waals surface area contributed by atoms with Gasteiger partial charge >= 0.3 is 0 Å². The summed E-state index contributed by atoms with van der Waals surface area (Å²) < 4.78 is 13.0. The van der Waals surface area contributed by atoms with Gasteiger partial charge in [-0.3, -0.25) is 4.79 Å². The molecule has 2 nitrogen and oxygen atoms in total. The molecule has 0 fully saturated rings. The van der Waals surface area contributed by atoms with Crippen molar-refractivity contribution in [2.24, 2.45) is 0 Å². The number of ketones is 1. The Kier molecular flexibility index (Phi) is 2.97. The van der Waals surface area contributed by atoms with Crippen LogP contribution >= 0.6 is 0 Å². The molecule has 0 spiro atoms. The van der Waals surface area contributed by atoms with Gasteiger partial charge < -0.3 is 0 Å². The van der Waals surface area contributed by atoms with Crippen LogP contribution < -0.4 is 0 Å². The van der Waals surface area contributed by atoms with Crippen LogP contribution in [-0.4, -0.2) is 5.78 Å². The summed E-state index contributed by atoms with van der Waals surface area (Å²) in [4.78, 5) is 11.9. The summed E-state index contributed by atoms with van der Waals surface area (Å²) in [7, 11) is 0. The first kappa shape index (κ1) is 11.0. The smallest absolute Gasteiger partial charge is 0.193 e. The topological polar surface area (TPSA) is 40.9 Å². The number of nitrogens with zero attached hydrogens (tertiary/aromatic N) is 1. The molecule has 0 heterocycles. The van der Waals surface area contributed by atoms with Crippen LogP contribution in [0.15, 0.2) is 48.5 Å². The van der Waals surface area contributed by atoms with Crippen molar-refractivity contribution >= 4 is 5.78 Å². The van der Waals surface area contributed by atoms with Gasteiger partial charge in [-0.15, -0.1) is 0 Å². The van der Waals surface area contributed by atoms with Gasteiger partial charge in [-0.1, -0.05) is 12.1 Å². The minimum atomic E-state index is -0.440. The van der Waals surface area contributed by atoms with Gasteiger partial charge in [-0.25, -0.2) is 4.39 Å². The van der Waals surface area contributed by atoms with Crippen molar-refractivity contribution < 1.29 is 9.18 Å². The molecular formula is C14H8FNO. The molecule has 0 saturated carbocycles. The number of hydrogen-bond donors (Lipinski definition) is 0. The Morgan fingerprint density at radius 2 is 1.76 bits per heavy atom. The Labute approximate surface area is 97.9 Å². The lowest BCUT2D eigenvalue weighted by Gasteiger charge is -2.01. The minimum absolute atomic E-state index is 0.256. The van der Waals surface area contributed by atoms with E-state index in [2.05, 4.69) is 0 Å². The average Bonchev–Trinajstić information content (AvgIpc) is 2.38. The van der Waals surface area contributed by atoms with Gasteiger partial charge in [0.25, 0.3) is 0 Å². The van der Waals surface area contributed by atoms with Crippen LogP contribution in [0.5, 0.6) is 0 Å². The summed E-state index contributed by atoms with van der Waals surface area (Å²) in [6.07, 6.45) is 0. The first-order valence-electron chi connectivity index (χ1n) is 5.01. The predicted molar refractivity (Wildman–Crippen MR) is 61.0 cm³/mol. The molecule has 0 aliphatic rings. The van der Waals surface area contributed by atoms with Crippen molar-refractivity contribution in [3.63, 3.8) is 0 Å². The van der Waals surface area contributed by atoms with E-state index in [0.29, 0.717) is 16.7 Å². The lowest BCUT2D eigenvalue weighted by molar-refractivity contribution is 0.103. The number of nitriles is 1. The van der Waals surface area contributed by atoms with Crippen molar-refractivity contribution in [3.05, 3.63) is 71.0 Å². The molecular weight excluding hydrogens is 217 g/mol.